The summed E-state index contributed by atoms with van der Waals surface area (Å²) in [4.78, 5) is 11.7. The maximum Gasteiger partial charge on any atom is 0.416 e. The Morgan fingerprint density at radius 3 is 2.06 bits per heavy atom. The zero-order valence-electron chi connectivity index (χ0n) is 18.1. The second-order valence-electron chi connectivity index (χ2n) is 7.58. The highest BCUT2D eigenvalue weighted by Gasteiger charge is 2.29. The van der Waals surface area contributed by atoms with Crippen molar-refractivity contribution in [3.8, 4) is 22.3 Å². The zero-order valence-corrected chi connectivity index (χ0v) is 18.1. The molecule has 0 aliphatic heterocycles. The Morgan fingerprint density at radius 2 is 1.50 bits per heavy atom. The Labute approximate surface area is 186 Å². The van der Waals surface area contributed by atoms with Gasteiger partial charge < -0.3 is 4.74 Å². The van der Waals surface area contributed by atoms with Gasteiger partial charge in [0.2, 0.25) is 0 Å². The second kappa shape index (κ2) is 10.3. The van der Waals surface area contributed by atoms with Crippen LogP contribution in [-0.4, -0.2) is 12.6 Å². The van der Waals surface area contributed by atoms with Gasteiger partial charge in [0, 0.05) is 6.08 Å². The van der Waals surface area contributed by atoms with Crippen molar-refractivity contribution in [1.82, 2.24) is 0 Å². The van der Waals surface area contributed by atoms with Gasteiger partial charge in [0.15, 0.2) is 0 Å². The van der Waals surface area contributed by atoms with Gasteiger partial charge in [-0.15, -0.1) is 0 Å². The average Bonchev–Trinajstić information content (AvgIpc) is 2.78. The standard InChI is InChI=1S/C27H25F3O2/c1-3-4-17-32-26(31)16-6-20-5-15-25(19(2)18-20)23-9-7-21(8-10-23)22-11-13-24(14-12-22)27(28,29)30/h5-16,18H,3-4,17H2,1-2H3/b16-6+. The number of rotatable bonds is 7. The quantitative estimate of drug-likeness (QED) is 0.215. The summed E-state index contributed by atoms with van der Waals surface area (Å²) in [6.45, 7) is 4.46. The number of unbranched alkanes of at least 4 members (excludes halogenated alkanes) is 1. The molecule has 0 N–H and O–H groups in total. The average molecular weight is 438 g/mol. The summed E-state index contributed by atoms with van der Waals surface area (Å²) < 4.78 is 43.4. The number of hydrogen-bond donors (Lipinski definition) is 0. The maximum atomic E-state index is 12.8. The number of carbonyl (C=O) groups is 1. The van der Waals surface area contributed by atoms with E-state index in [9.17, 15) is 18.0 Å². The monoisotopic (exact) mass is 438 g/mol. The molecule has 0 atom stereocenters. The molecular weight excluding hydrogens is 413 g/mol. The van der Waals surface area contributed by atoms with Crippen molar-refractivity contribution in [2.24, 2.45) is 0 Å². The van der Waals surface area contributed by atoms with Gasteiger partial charge in [0.05, 0.1) is 12.2 Å². The lowest BCUT2D eigenvalue weighted by Crippen LogP contribution is -2.03. The molecule has 0 aliphatic carbocycles. The zero-order chi connectivity index (χ0) is 23.1. The van der Waals surface area contributed by atoms with Crippen LogP contribution in [0.4, 0.5) is 13.2 Å². The summed E-state index contributed by atoms with van der Waals surface area (Å²) in [5, 5.41) is 0. The highest BCUT2D eigenvalue weighted by Crippen LogP contribution is 2.32. The van der Waals surface area contributed by atoms with Crippen LogP contribution in [-0.2, 0) is 15.7 Å². The summed E-state index contributed by atoms with van der Waals surface area (Å²) in [7, 11) is 0. The third-order valence-electron chi connectivity index (χ3n) is 5.15. The van der Waals surface area contributed by atoms with E-state index in [1.54, 1.807) is 6.08 Å². The van der Waals surface area contributed by atoms with Crippen molar-refractivity contribution < 1.29 is 22.7 Å². The molecule has 2 nitrogen and oxygen atoms in total. The van der Waals surface area contributed by atoms with Crippen LogP contribution in [0.25, 0.3) is 28.3 Å². The minimum atomic E-state index is -4.34. The lowest BCUT2D eigenvalue weighted by Gasteiger charge is -2.10. The van der Waals surface area contributed by atoms with Crippen molar-refractivity contribution in [2.45, 2.75) is 32.9 Å². The minimum absolute atomic E-state index is 0.348. The summed E-state index contributed by atoms with van der Waals surface area (Å²) in [6, 6.07) is 18.8. The van der Waals surface area contributed by atoms with Gasteiger partial charge in [-0.25, -0.2) is 4.79 Å². The Hall–Kier alpha value is -3.34. The molecule has 0 fully saturated rings. The van der Waals surface area contributed by atoms with Gasteiger partial charge in [-0.1, -0.05) is 67.9 Å². The molecule has 0 saturated carbocycles. The molecule has 0 aliphatic rings. The van der Waals surface area contributed by atoms with Crippen molar-refractivity contribution in [1.29, 1.82) is 0 Å². The fourth-order valence-electron chi connectivity index (χ4n) is 3.34. The van der Waals surface area contributed by atoms with Crippen LogP contribution in [0.2, 0.25) is 0 Å². The number of aryl methyl sites for hydroxylation is 1. The predicted octanol–water partition coefficient (Wildman–Crippen LogP) is 7.70. The molecule has 32 heavy (non-hydrogen) atoms. The summed E-state index contributed by atoms with van der Waals surface area (Å²) in [6.07, 6.45) is 0.659. The van der Waals surface area contributed by atoms with Crippen molar-refractivity contribution in [2.75, 3.05) is 6.61 Å². The minimum Gasteiger partial charge on any atom is -0.463 e. The van der Waals surface area contributed by atoms with Gasteiger partial charge in [-0.2, -0.15) is 13.2 Å². The molecule has 3 aromatic carbocycles. The SMILES string of the molecule is CCCCOC(=O)/C=C/c1ccc(-c2ccc(-c3ccc(C(F)(F)F)cc3)cc2)c(C)c1. The summed E-state index contributed by atoms with van der Waals surface area (Å²) in [5.41, 5.74) is 4.93. The normalized spacial score (nSPS) is 11.7. The molecule has 0 unspecified atom stereocenters. The molecule has 0 amide bonds. The van der Waals surface area contributed by atoms with Crippen LogP contribution in [0.1, 0.15) is 36.5 Å². The van der Waals surface area contributed by atoms with E-state index in [2.05, 4.69) is 0 Å². The molecule has 0 aromatic heterocycles. The summed E-state index contributed by atoms with van der Waals surface area (Å²) >= 11 is 0. The number of hydrogen-bond acceptors (Lipinski definition) is 2. The van der Waals surface area contributed by atoms with Gasteiger partial charge in [0.25, 0.3) is 0 Å². The highest BCUT2D eigenvalue weighted by molar-refractivity contribution is 5.87. The molecule has 3 aromatic rings. The van der Waals surface area contributed by atoms with Crippen molar-refractivity contribution in [3.63, 3.8) is 0 Å². The molecule has 3 rings (SSSR count). The first-order valence-corrected chi connectivity index (χ1v) is 10.5. The van der Waals surface area contributed by atoms with E-state index in [4.69, 9.17) is 4.74 Å². The second-order valence-corrected chi connectivity index (χ2v) is 7.58. The number of alkyl halides is 3. The Bertz CT molecular complexity index is 1080. The van der Waals surface area contributed by atoms with Crippen molar-refractivity contribution >= 4 is 12.0 Å². The maximum absolute atomic E-state index is 12.8. The molecule has 0 spiro atoms. The topological polar surface area (TPSA) is 26.3 Å². The molecule has 0 bridgehead atoms. The Morgan fingerprint density at radius 1 is 0.906 bits per heavy atom. The molecule has 0 saturated heterocycles. The lowest BCUT2D eigenvalue weighted by atomic mass is 9.96. The molecule has 5 heteroatoms. The molecule has 0 radical (unpaired) electrons. The van der Waals surface area contributed by atoms with Gasteiger partial charge in [0.1, 0.15) is 0 Å². The number of benzene rings is 3. The number of esters is 1. The molecule has 166 valence electrons. The van der Waals surface area contributed by atoms with Crippen LogP contribution in [0.3, 0.4) is 0 Å². The Balaban J connectivity index is 1.71. The largest absolute Gasteiger partial charge is 0.463 e. The van der Waals surface area contributed by atoms with E-state index in [1.165, 1.54) is 18.2 Å². The predicted molar refractivity (Wildman–Crippen MR) is 122 cm³/mol. The van der Waals surface area contributed by atoms with Crippen molar-refractivity contribution in [3.05, 3.63) is 89.5 Å². The first-order valence-electron chi connectivity index (χ1n) is 10.5. The van der Waals surface area contributed by atoms with E-state index in [1.807, 2.05) is 56.3 Å². The van der Waals surface area contributed by atoms with Crippen LogP contribution in [0.5, 0.6) is 0 Å². The number of halogens is 3. The van der Waals surface area contributed by atoms with Crippen LogP contribution >= 0.6 is 0 Å². The lowest BCUT2D eigenvalue weighted by molar-refractivity contribution is -0.138. The highest BCUT2D eigenvalue weighted by atomic mass is 19.4. The third-order valence-corrected chi connectivity index (χ3v) is 5.15. The van der Waals surface area contributed by atoms with Crippen LogP contribution in [0.15, 0.2) is 72.8 Å². The molecule has 0 heterocycles. The fraction of sp³-hybridized carbons (Fsp3) is 0.222. The van der Waals surface area contributed by atoms with E-state index in [0.29, 0.717) is 6.61 Å². The first kappa shape index (κ1) is 23.3. The smallest absolute Gasteiger partial charge is 0.416 e. The van der Waals surface area contributed by atoms with Gasteiger partial charge in [-0.05, 0) is 64.9 Å². The van der Waals surface area contributed by atoms with E-state index < -0.39 is 11.7 Å². The first-order chi connectivity index (χ1) is 15.3. The van der Waals surface area contributed by atoms with Gasteiger partial charge in [-0.3, -0.25) is 0 Å². The fourth-order valence-corrected chi connectivity index (χ4v) is 3.34. The van der Waals surface area contributed by atoms with Gasteiger partial charge >= 0.3 is 12.1 Å². The molecular formula is C27H25F3O2. The summed E-state index contributed by atoms with van der Waals surface area (Å²) in [5.74, 6) is -0.348. The van der Waals surface area contributed by atoms with Crippen LogP contribution in [0, 0.1) is 6.92 Å². The van der Waals surface area contributed by atoms with E-state index in [-0.39, 0.29) is 5.97 Å². The van der Waals surface area contributed by atoms with E-state index in [0.717, 1.165) is 58.4 Å². The van der Waals surface area contributed by atoms with Crippen LogP contribution < -0.4 is 0 Å². The third kappa shape index (κ3) is 6.10. The number of ether oxygens (including phenoxy) is 1. The van der Waals surface area contributed by atoms with E-state index >= 15 is 0 Å². The number of carbonyl (C=O) groups excluding carboxylic acids is 1. The Kier molecular flexibility index (Phi) is 7.52.